The van der Waals surface area contributed by atoms with Gasteiger partial charge in [-0.1, -0.05) is 46.3 Å². The van der Waals surface area contributed by atoms with E-state index in [4.69, 9.17) is 11.5 Å². The van der Waals surface area contributed by atoms with Crippen molar-refractivity contribution in [2.45, 2.75) is 6.54 Å². The third kappa shape index (κ3) is 2.31. The maximum absolute atomic E-state index is 6.15. The van der Waals surface area contributed by atoms with E-state index in [1.807, 2.05) is 41.0 Å². The van der Waals surface area contributed by atoms with E-state index in [2.05, 4.69) is 38.0 Å². The van der Waals surface area contributed by atoms with Gasteiger partial charge in [-0.25, -0.2) is 9.97 Å². The third-order valence-corrected chi connectivity index (χ3v) is 4.37. The first kappa shape index (κ1) is 14.0. The predicted octanol–water partition coefficient (Wildman–Crippen LogP) is 3.56. The number of nitrogen functional groups attached to an aromatic ring is 2. The summed E-state index contributed by atoms with van der Waals surface area (Å²) in [5, 5.41) is 0.984. The van der Waals surface area contributed by atoms with Crippen LogP contribution in [0.2, 0.25) is 0 Å². The first-order chi connectivity index (χ1) is 11.1. The summed E-state index contributed by atoms with van der Waals surface area (Å²) in [6.45, 7) is 0.637. The molecule has 4 N–H and O–H groups in total. The molecular weight excluding hydrogens is 354 g/mol. The molecule has 0 spiro atoms. The Hall–Kier alpha value is -2.60. The molecule has 0 saturated heterocycles. The van der Waals surface area contributed by atoms with E-state index in [1.165, 1.54) is 0 Å². The van der Waals surface area contributed by atoms with E-state index in [1.54, 1.807) is 0 Å². The molecular formula is C17H14BrN5. The molecule has 0 aliphatic rings. The van der Waals surface area contributed by atoms with Crippen molar-refractivity contribution in [1.82, 2.24) is 14.5 Å². The van der Waals surface area contributed by atoms with Gasteiger partial charge in [0.1, 0.15) is 5.52 Å². The summed E-state index contributed by atoms with van der Waals surface area (Å²) in [5.41, 5.74) is 15.8. The lowest BCUT2D eigenvalue weighted by atomic mass is 10.1. The van der Waals surface area contributed by atoms with Crippen molar-refractivity contribution in [2.75, 3.05) is 11.5 Å². The van der Waals surface area contributed by atoms with Crippen LogP contribution in [-0.4, -0.2) is 14.5 Å². The highest BCUT2D eigenvalue weighted by Gasteiger charge is 2.16. The summed E-state index contributed by atoms with van der Waals surface area (Å²) in [6.07, 6.45) is 0. The minimum absolute atomic E-state index is 0.393. The van der Waals surface area contributed by atoms with Gasteiger partial charge < -0.3 is 16.0 Å². The monoisotopic (exact) mass is 367 g/mol. The average molecular weight is 368 g/mol. The number of hydrogen-bond acceptors (Lipinski definition) is 4. The zero-order chi connectivity index (χ0) is 16.0. The topological polar surface area (TPSA) is 82.8 Å². The third-order valence-electron chi connectivity index (χ3n) is 3.88. The van der Waals surface area contributed by atoms with Gasteiger partial charge in [0.2, 0.25) is 5.95 Å². The average Bonchev–Trinajstić information content (AvgIpc) is 2.86. The van der Waals surface area contributed by atoms with Crippen LogP contribution in [0, 0.1) is 0 Å². The van der Waals surface area contributed by atoms with Crippen molar-refractivity contribution in [3.8, 4) is 0 Å². The summed E-state index contributed by atoms with van der Waals surface area (Å²) in [7, 11) is 0. The van der Waals surface area contributed by atoms with Crippen LogP contribution >= 0.6 is 15.9 Å². The maximum atomic E-state index is 6.15. The summed E-state index contributed by atoms with van der Waals surface area (Å²) in [4.78, 5) is 8.87. The Balaban J connectivity index is 2.03. The quantitative estimate of drug-likeness (QED) is 0.567. The lowest BCUT2D eigenvalue weighted by Gasteiger charge is -2.09. The van der Waals surface area contributed by atoms with Gasteiger partial charge in [0, 0.05) is 9.86 Å². The standard InChI is InChI=1S/C17H14BrN5/c18-11-6-7-12-13(8-11)21-16(19)14-15(12)23(17(20)22-14)9-10-4-2-1-3-5-10/h1-8H,9H2,(H2,19,21)(H2,20,22). The Morgan fingerprint density at radius 1 is 1.00 bits per heavy atom. The fourth-order valence-corrected chi connectivity index (χ4v) is 3.18. The largest absolute Gasteiger partial charge is 0.382 e. The normalized spacial score (nSPS) is 11.3. The second-order valence-electron chi connectivity index (χ2n) is 5.40. The highest BCUT2D eigenvalue weighted by atomic mass is 79.9. The molecule has 0 radical (unpaired) electrons. The first-order valence-electron chi connectivity index (χ1n) is 7.18. The number of benzene rings is 2. The van der Waals surface area contributed by atoms with Crippen molar-refractivity contribution in [1.29, 1.82) is 0 Å². The van der Waals surface area contributed by atoms with Crippen molar-refractivity contribution >= 4 is 49.6 Å². The van der Waals surface area contributed by atoms with E-state index < -0.39 is 0 Å². The molecule has 114 valence electrons. The summed E-state index contributed by atoms with van der Waals surface area (Å²) < 4.78 is 2.94. The lowest BCUT2D eigenvalue weighted by molar-refractivity contribution is 0.840. The van der Waals surface area contributed by atoms with Crippen molar-refractivity contribution in [2.24, 2.45) is 0 Å². The van der Waals surface area contributed by atoms with Gasteiger partial charge in [-0.15, -0.1) is 0 Å². The number of pyridine rings is 1. The number of imidazole rings is 1. The highest BCUT2D eigenvalue weighted by Crippen LogP contribution is 2.31. The number of nitrogens with two attached hydrogens (primary N) is 2. The number of halogens is 1. The van der Waals surface area contributed by atoms with Gasteiger partial charge in [0.15, 0.2) is 5.82 Å². The zero-order valence-corrected chi connectivity index (χ0v) is 13.8. The van der Waals surface area contributed by atoms with E-state index >= 15 is 0 Å². The molecule has 23 heavy (non-hydrogen) atoms. The first-order valence-corrected chi connectivity index (χ1v) is 7.97. The molecule has 0 saturated carbocycles. The molecule has 2 aromatic carbocycles. The molecule has 0 bridgehead atoms. The zero-order valence-electron chi connectivity index (χ0n) is 12.2. The second-order valence-corrected chi connectivity index (χ2v) is 6.31. The molecule has 4 aromatic rings. The molecule has 0 amide bonds. The van der Waals surface area contributed by atoms with E-state index in [0.717, 1.165) is 26.5 Å². The fraction of sp³-hybridized carbons (Fsp3) is 0.0588. The summed E-state index contributed by atoms with van der Waals surface area (Å²) in [5.74, 6) is 0.830. The van der Waals surface area contributed by atoms with Gasteiger partial charge in [0.05, 0.1) is 17.6 Å². The number of fused-ring (bicyclic) bond motifs is 3. The molecule has 0 unspecified atom stereocenters. The Kier molecular flexibility index (Phi) is 3.20. The van der Waals surface area contributed by atoms with Gasteiger partial charge >= 0.3 is 0 Å². The molecule has 0 fully saturated rings. The second kappa shape index (κ2) is 5.24. The molecule has 6 heteroatoms. The number of hydrogen-bond donors (Lipinski definition) is 2. The van der Waals surface area contributed by atoms with Crippen LogP contribution in [0.15, 0.2) is 53.0 Å². The number of nitrogens with zero attached hydrogens (tertiary/aromatic N) is 3. The van der Waals surface area contributed by atoms with Gasteiger partial charge in [-0.05, 0) is 23.8 Å². The van der Waals surface area contributed by atoms with E-state index in [-0.39, 0.29) is 0 Å². The van der Waals surface area contributed by atoms with Crippen LogP contribution in [0.4, 0.5) is 11.8 Å². The fourth-order valence-electron chi connectivity index (χ4n) is 2.83. The lowest BCUT2D eigenvalue weighted by Crippen LogP contribution is -2.05. The van der Waals surface area contributed by atoms with Gasteiger partial charge in [-0.3, -0.25) is 0 Å². The van der Waals surface area contributed by atoms with Gasteiger partial charge in [0.25, 0.3) is 0 Å². The SMILES string of the molecule is Nc1nc2cc(Br)ccc2c2c1nc(N)n2Cc1ccccc1. The Labute approximate surface area is 141 Å². The minimum atomic E-state index is 0.393. The van der Waals surface area contributed by atoms with Gasteiger partial charge in [-0.2, -0.15) is 0 Å². The van der Waals surface area contributed by atoms with Crippen LogP contribution in [0.25, 0.3) is 21.9 Å². The highest BCUT2D eigenvalue weighted by molar-refractivity contribution is 9.10. The predicted molar refractivity (Wildman–Crippen MR) is 97.1 cm³/mol. The molecule has 0 atom stereocenters. The van der Waals surface area contributed by atoms with Crippen LogP contribution in [0.5, 0.6) is 0 Å². The van der Waals surface area contributed by atoms with E-state index in [0.29, 0.717) is 23.8 Å². The molecule has 4 rings (SSSR count). The minimum Gasteiger partial charge on any atom is -0.382 e. The van der Waals surface area contributed by atoms with E-state index in [9.17, 15) is 0 Å². The Morgan fingerprint density at radius 2 is 1.78 bits per heavy atom. The van der Waals surface area contributed by atoms with Crippen LogP contribution < -0.4 is 11.5 Å². The number of anilines is 2. The Morgan fingerprint density at radius 3 is 2.57 bits per heavy atom. The molecule has 0 aliphatic carbocycles. The maximum Gasteiger partial charge on any atom is 0.201 e. The molecule has 5 nitrogen and oxygen atoms in total. The molecule has 2 aromatic heterocycles. The number of aromatic nitrogens is 3. The van der Waals surface area contributed by atoms with Crippen molar-refractivity contribution in [3.05, 3.63) is 58.6 Å². The number of rotatable bonds is 2. The van der Waals surface area contributed by atoms with Crippen LogP contribution in [-0.2, 0) is 6.54 Å². The molecule has 0 aliphatic heterocycles. The summed E-state index contributed by atoms with van der Waals surface area (Å²) >= 11 is 3.47. The smallest absolute Gasteiger partial charge is 0.201 e. The Bertz CT molecular complexity index is 1020. The van der Waals surface area contributed by atoms with Crippen LogP contribution in [0.3, 0.4) is 0 Å². The molecule has 2 heterocycles. The van der Waals surface area contributed by atoms with Crippen molar-refractivity contribution in [3.63, 3.8) is 0 Å². The van der Waals surface area contributed by atoms with Crippen molar-refractivity contribution < 1.29 is 0 Å². The summed E-state index contributed by atoms with van der Waals surface area (Å²) in [6, 6.07) is 16.1. The van der Waals surface area contributed by atoms with Crippen LogP contribution in [0.1, 0.15) is 5.56 Å².